The molecule has 1 rings (SSSR count). The Balaban J connectivity index is 2.67. The standard InChI is InChI=1S/C10H13IN2O/c1-7(12)13-5-4-8-6-9(14)2-3-10(8)11/h2-3,6,14H,4-5H2,1H3,(H2,12,13)/i11+4. The second-order valence-corrected chi connectivity index (χ2v) is 4.21. The first kappa shape index (κ1) is 11.3. The molecule has 0 saturated heterocycles. The normalized spacial score (nSPS) is 11.7. The van der Waals surface area contributed by atoms with Gasteiger partial charge in [-0.2, -0.15) is 0 Å². The summed E-state index contributed by atoms with van der Waals surface area (Å²) in [7, 11) is 0. The predicted molar refractivity (Wildman–Crippen MR) is 66.7 cm³/mol. The maximum absolute atomic E-state index is 9.28. The molecule has 0 aliphatic carbocycles. The van der Waals surface area contributed by atoms with Crippen LogP contribution >= 0.6 is 22.6 Å². The fourth-order valence-electron chi connectivity index (χ4n) is 1.11. The molecule has 0 amide bonds. The summed E-state index contributed by atoms with van der Waals surface area (Å²) in [6.45, 7) is 2.44. The van der Waals surface area contributed by atoms with E-state index in [0.717, 1.165) is 15.6 Å². The Bertz CT molecular complexity index is 346. The average Bonchev–Trinajstić information content (AvgIpc) is 2.10. The van der Waals surface area contributed by atoms with Gasteiger partial charge in [0.05, 0.1) is 5.84 Å². The largest absolute Gasteiger partial charge is 0.508 e. The van der Waals surface area contributed by atoms with E-state index >= 15 is 0 Å². The van der Waals surface area contributed by atoms with Crippen LogP contribution in [0, 0.1) is 3.57 Å². The zero-order chi connectivity index (χ0) is 10.6. The van der Waals surface area contributed by atoms with Gasteiger partial charge < -0.3 is 10.8 Å². The number of phenols is 1. The van der Waals surface area contributed by atoms with E-state index < -0.39 is 0 Å². The summed E-state index contributed by atoms with van der Waals surface area (Å²) in [6, 6.07) is 5.34. The molecule has 1 aromatic rings. The zero-order valence-corrected chi connectivity index (χ0v) is 10.2. The van der Waals surface area contributed by atoms with Gasteiger partial charge in [-0.25, -0.2) is 0 Å². The van der Waals surface area contributed by atoms with E-state index in [1.165, 1.54) is 0 Å². The molecule has 0 bridgehead atoms. The van der Waals surface area contributed by atoms with Crippen molar-refractivity contribution in [3.8, 4) is 5.75 Å². The summed E-state index contributed by atoms with van der Waals surface area (Å²) in [4.78, 5) is 4.10. The minimum atomic E-state index is 0.300. The van der Waals surface area contributed by atoms with Crippen LogP contribution in [0.5, 0.6) is 5.75 Å². The number of benzene rings is 1. The maximum atomic E-state index is 9.28. The molecular weight excluding hydrogens is 295 g/mol. The molecule has 0 aliphatic heterocycles. The van der Waals surface area contributed by atoms with Gasteiger partial charge in [0.2, 0.25) is 0 Å². The SMILES string of the molecule is CC(N)=NCCc1cc(O)ccc1[131I]. The lowest BCUT2D eigenvalue weighted by Gasteiger charge is -2.03. The highest BCUT2D eigenvalue weighted by molar-refractivity contribution is 14.1. The molecule has 1 aromatic carbocycles. The van der Waals surface area contributed by atoms with Crippen LogP contribution in [-0.2, 0) is 6.42 Å². The number of nitrogens with zero attached hydrogens (tertiary/aromatic N) is 1. The molecule has 0 aromatic heterocycles. The average molecular weight is 308 g/mol. The van der Waals surface area contributed by atoms with Crippen molar-refractivity contribution < 1.29 is 5.11 Å². The number of rotatable bonds is 3. The first-order chi connectivity index (χ1) is 6.59. The second kappa shape index (κ2) is 5.19. The highest BCUT2D eigenvalue weighted by Gasteiger charge is 2.00. The molecule has 0 saturated carbocycles. The summed E-state index contributed by atoms with van der Waals surface area (Å²) in [6.07, 6.45) is 0.807. The molecule has 0 radical (unpaired) electrons. The molecule has 76 valence electrons. The van der Waals surface area contributed by atoms with E-state index in [0.29, 0.717) is 18.1 Å². The van der Waals surface area contributed by atoms with Crippen LogP contribution in [0.25, 0.3) is 0 Å². The van der Waals surface area contributed by atoms with Crippen molar-refractivity contribution in [3.05, 3.63) is 27.3 Å². The Labute approximate surface area is 97.2 Å². The van der Waals surface area contributed by atoms with Gasteiger partial charge in [-0.1, -0.05) is 0 Å². The van der Waals surface area contributed by atoms with Gasteiger partial charge in [-0.05, 0) is 59.7 Å². The molecule has 3 nitrogen and oxygen atoms in total. The summed E-state index contributed by atoms with van der Waals surface area (Å²) >= 11 is 2.24. The third kappa shape index (κ3) is 3.53. The van der Waals surface area contributed by atoms with E-state index in [9.17, 15) is 5.11 Å². The summed E-state index contributed by atoms with van der Waals surface area (Å²) in [5.41, 5.74) is 6.53. The van der Waals surface area contributed by atoms with Crippen molar-refractivity contribution in [1.29, 1.82) is 0 Å². The number of amidine groups is 1. The molecule has 0 atom stereocenters. The van der Waals surface area contributed by atoms with E-state index in [-0.39, 0.29) is 0 Å². The third-order valence-electron chi connectivity index (χ3n) is 1.77. The number of aliphatic imine (C=N–C) groups is 1. The van der Waals surface area contributed by atoms with Gasteiger partial charge in [-0.3, -0.25) is 4.99 Å². The minimum Gasteiger partial charge on any atom is -0.508 e. The maximum Gasteiger partial charge on any atom is 0.115 e. The van der Waals surface area contributed by atoms with Crippen LogP contribution in [-0.4, -0.2) is 17.5 Å². The van der Waals surface area contributed by atoms with Crippen LogP contribution in [0.4, 0.5) is 0 Å². The van der Waals surface area contributed by atoms with Gasteiger partial charge in [-0.15, -0.1) is 0 Å². The smallest absolute Gasteiger partial charge is 0.115 e. The van der Waals surface area contributed by atoms with Crippen molar-refractivity contribution in [2.75, 3.05) is 6.54 Å². The highest BCUT2D eigenvalue weighted by atomic mass is 131. The van der Waals surface area contributed by atoms with Crippen LogP contribution in [0.15, 0.2) is 23.2 Å². The first-order valence-corrected chi connectivity index (χ1v) is 5.41. The highest BCUT2D eigenvalue weighted by Crippen LogP contribution is 2.18. The molecule has 3 N–H and O–H groups in total. The van der Waals surface area contributed by atoms with Crippen molar-refractivity contribution in [2.45, 2.75) is 13.3 Å². The Morgan fingerprint density at radius 2 is 2.29 bits per heavy atom. The summed E-state index contributed by atoms with van der Waals surface area (Å²) in [5, 5.41) is 9.28. The topological polar surface area (TPSA) is 58.6 Å². The monoisotopic (exact) mass is 308 g/mol. The lowest BCUT2D eigenvalue weighted by molar-refractivity contribution is 0.474. The van der Waals surface area contributed by atoms with Crippen molar-refractivity contribution in [1.82, 2.24) is 0 Å². The molecular formula is C10H13IN2O. The lowest BCUT2D eigenvalue weighted by Crippen LogP contribution is -2.07. The summed E-state index contributed by atoms with van der Waals surface area (Å²) < 4.78 is 1.14. The molecule has 0 unspecified atom stereocenters. The van der Waals surface area contributed by atoms with Crippen LogP contribution in [0.3, 0.4) is 0 Å². The number of halogens is 1. The van der Waals surface area contributed by atoms with Gasteiger partial charge in [0.15, 0.2) is 0 Å². The van der Waals surface area contributed by atoms with Crippen LogP contribution in [0.1, 0.15) is 12.5 Å². The van der Waals surface area contributed by atoms with Crippen molar-refractivity contribution >= 4 is 28.4 Å². The van der Waals surface area contributed by atoms with Crippen molar-refractivity contribution in [3.63, 3.8) is 0 Å². The minimum absolute atomic E-state index is 0.300. The molecule has 0 heterocycles. The molecule has 0 spiro atoms. The Morgan fingerprint density at radius 3 is 2.93 bits per heavy atom. The van der Waals surface area contributed by atoms with Gasteiger partial charge in [0.1, 0.15) is 5.75 Å². The number of hydrogen-bond donors (Lipinski definition) is 2. The van der Waals surface area contributed by atoms with Gasteiger partial charge >= 0.3 is 0 Å². The predicted octanol–water partition coefficient (Wildman–Crippen LogP) is 1.92. The van der Waals surface area contributed by atoms with E-state index in [1.54, 1.807) is 19.1 Å². The second-order valence-electron chi connectivity index (χ2n) is 3.05. The fourth-order valence-corrected chi connectivity index (χ4v) is 1.71. The van der Waals surface area contributed by atoms with Crippen LogP contribution < -0.4 is 5.73 Å². The lowest BCUT2D eigenvalue weighted by atomic mass is 10.1. The van der Waals surface area contributed by atoms with E-state index in [2.05, 4.69) is 27.6 Å². The van der Waals surface area contributed by atoms with Gasteiger partial charge in [0, 0.05) is 10.1 Å². The number of aromatic hydroxyl groups is 1. The van der Waals surface area contributed by atoms with E-state index in [1.807, 2.05) is 6.07 Å². The van der Waals surface area contributed by atoms with Crippen LogP contribution in [0.2, 0.25) is 0 Å². The summed E-state index contributed by atoms with van der Waals surface area (Å²) in [5.74, 6) is 0.897. The number of nitrogens with two attached hydrogens (primary N) is 1. The Morgan fingerprint density at radius 1 is 1.57 bits per heavy atom. The first-order valence-electron chi connectivity index (χ1n) is 4.33. The Hall–Kier alpha value is -0.780. The third-order valence-corrected chi connectivity index (χ3v) is 2.82. The Kier molecular flexibility index (Phi) is 4.19. The zero-order valence-electron chi connectivity index (χ0n) is 8.00. The van der Waals surface area contributed by atoms with Gasteiger partial charge in [0.25, 0.3) is 0 Å². The molecule has 4 heteroatoms. The molecule has 14 heavy (non-hydrogen) atoms. The number of phenolic OH excluding ortho intramolecular Hbond substituents is 1. The quantitative estimate of drug-likeness (QED) is 0.509. The van der Waals surface area contributed by atoms with Crippen molar-refractivity contribution in [2.24, 2.45) is 10.7 Å². The van der Waals surface area contributed by atoms with E-state index in [4.69, 9.17) is 5.73 Å². The fraction of sp³-hybridized carbons (Fsp3) is 0.300. The molecule has 0 aliphatic rings. The molecule has 0 fully saturated rings. The number of hydrogen-bond acceptors (Lipinski definition) is 2.